The number of fused-ring (bicyclic) bond motifs is 6. The number of hydrogen-bond acceptors (Lipinski definition) is 16. The van der Waals surface area contributed by atoms with Gasteiger partial charge in [-0.25, -0.2) is 59.8 Å². The van der Waals surface area contributed by atoms with Crippen LogP contribution < -0.4 is 5.46 Å². The van der Waals surface area contributed by atoms with Crippen LogP contribution in [0.3, 0.4) is 0 Å². The van der Waals surface area contributed by atoms with Crippen LogP contribution in [0.4, 0.5) is 0 Å². The van der Waals surface area contributed by atoms with Gasteiger partial charge in [-0.15, -0.1) is 0 Å². The molecule has 0 aliphatic rings. The molecule has 540 valence electrons. The van der Waals surface area contributed by atoms with E-state index in [2.05, 4.69) is 91.5 Å². The number of aromatic nitrogens is 12. The van der Waals surface area contributed by atoms with Crippen molar-refractivity contribution < 1.29 is 18.9 Å². The van der Waals surface area contributed by atoms with Crippen molar-refractivity contribution in [2.24, 2.45) is 0 Å². The minimum Gasteiger partial charge on any atom is -0.455 e. The Hall–Kier alpha value is -14.8. The van der Waals surface area contributed by atoms with E-state index in [1.165, 1.54) is 0 Å². The lowest BCUT2D eigenvalue weighted by molar-refractivity contribution is 0.426. The Morgan fingerprint density at radius 2 is 0.386 bits per heavy atom. The van der Waals surface area contributed by atoms with E-state index in [1.807, 2.05) is 279 Å². The summed E-state index contributed by atoms with van der Waals surface area (Å²) in [7, 11) is -1.50. The minimum atomic E-state index is -1.50. The third-order valence-electron chi connectivity index (χ3n) is 19.2. The number of furan rings is 2. The molecule has 0 aliphatic heterocycles. The second kappa shape index (κ2) is 32.0. The summed E-state index contributed by atoms with van der Waals surface area (Å²) in [6.07, 6.45) is 0. The third-order valence-corrected chi connectivity index (χ3v) is 19.8. The number of halogens is 1. The fourth-order valence-corrected chi connectivity index (χ4v) is 14.0. The van der Waals surface area contributed by atoms with Gasteiger partial charge in [-0.1, -0.05) is 346 Å². The molecule has 18 heteroatoms. The Bertz CT molecular complexity index is 6580. The molecule has 14 aromatic carbocycles. The van der Waals surface area contributed by atoms with Gasteiger partial charge in [-0.05, 0) is 45.2 Å². The van der Waals surface area contributed by atoms with E-state index in [0.717, 1.165) is 126 Å². The maximum atomic E-state index is 9.29. The quantitative estimate of drug-likeness (QED) is 0.0966. The Balaban J connectivity index is 0.000000130. The molecule has 6 aromatic heterocycles. The molecular weight excluding hydrogens is 1480 g/mol. The molecule has 0 bridgehead atoms. The van der Waals surface area contributed by atoms with Crippen molar-refractivity contribution in [3.8, 4) is 148 Å². The first-order valence-electron chi connectivity index (χ1n) is 36.8. The monoisotopic (exact) mass is 1540 g/mol. The predicted molar refractivity (Wildman–Crippen MR) is 456 cm³/mol. The van der Waals surface area contributed by atoms with Gasteiger partial charge >= 0.3 is 7.12 Å². The van der Waals surface area contributed by atoms with E-state index < -0.39 is 7.12 Å². The normalized spacial score (nSPS) is 11.1. The van der Waals surface area contributed by atoms with Crippen molar-refractivity contribution in [1.82, 2.24) is 59.8 Å². The molecule has 16 nitrogen and oxygen atoms in total. The SMILES string of the molecule is Brc1cccc2c1oc1c(-c3nc(-c4ccccc4)nc(-c4ccccc4)n3)cccc12.OB(O)c1ccc(-c2nc(-c3ccccc3)nc(-c3ccccc3)n2)cc1.c1ccc(-c2nc(-c3ccccc3)nc(-c3ccc(-c4cccc5c4oc4c(-c6nc(-c7ccccc7)nc(-c7ccccc7)n6)cccc45)cc3)n2)cc1. The average molecular weight is 1540 g/mol. The molecule has 20 rings (SSSR count). The van der Waals surface area contributed by atoms with Crippen LogP contribution in [-0.4, -0.2) is 77.0 Å². The van der Waals surface area contributed by atoms with Crippen LogP contribution in [0.15, 0.2) is 377 Å². The number of rotatable bonds is 14. The molecule has 2 N–H and O–H groups in total. The van der Waals surface area contributed by atoms with Crippen LogP contribution in [0.25, 0.3) is 192 Å². The van der Waals surface area contributed by atoms with Crippen LogP contribution in [-0.2, 0) is 0 Å². The van der Waals surface area contributed by atoms with E-state index in [1.54, 1.807) is 24.3 Å². The molecule has 0 radical (unpaired) electrons. The van der Waals surface area contributed by atoms with Gasteiger partial charge in [0.15, 0.2) is 69.9 Å². The molecule has 0 spiro atoms. The minimum absolute atomic E-state index is 0.416. The highest BCUT2D eigenvalue weighted by Gasteiger charge is 2.23. The van der Waals surface area contributed by atoms with Gasteiger partial charge in [0.05, 0.1) is 15.6 Å². The summed E-state index contributed by atoms with van der Waals surface area (Å²) in [6.45, 7) is 0. The lowest BCUT2D eigenvalue weighted by atomic mass is 9.80. The Labute approximate surface area is 663 Å². The first-order valence-corrected chi connectivity index (χ1v) is 37.6. The van der Waals surface area contributed by atoms with Crippen LogP contribution in [0.1, 0.15) is 0 Å². The molecule has 6 heterocycles. The van der Waals surface area contributed by atoms with Crippen molar-refractivity contribution in [3.05, 3.63) is 368 Å². The number of hydrogen-bond donors (Lipinski definition) is 2. The fourth-order valence-electron chi connectivity index (χ4n) is 13.5. The van der Waals surface area contributed by atoms with Gasteiger partial charge in [-0.2, -0.15) is 0 Å². The highest BCUT2D eigenvalue weighted by atomic mass is 79.9. The largest absolute Gasteiger partial charge is 0.488 e. The molecule has 0 unspecified atom stereocenters. The summed E-state index contributed by atoms with van der Waals surface area (Å²) >= 11 is 3.61. The highest BCUT2D eigenvalue weighted by Crippen LogP contribution is 2.42. The molecule has 0 aliphatic carbocycles. The maximum Gasteiger partial charge on any atom is 0.488 e. The Kier molecular flexibility index (Phi) is 19.9. The molecule has 114 heavy (non-hydrogen) atoms. The van der Waals surface area contributed by atoms with E-state index >= 15 is 0 Å². The van der Waals surface area contributed by atoms with Gasteiger partial charge in [0.2, 0.25) is 0 Å². The third kappa shape index (κ3) is 15.0. The fraction of sp³-hybridized carbons (Fsp3) is 0. The number of para-hydroxylation sites is 4. The van der Waals surface area contributed by atoms with E-state index in [0.29, 0.717) is 75.4 Å². The maximum absolute atomic E-state index is 9.29. The number of benzene rings is 14. The smallest absolute Gasteiger partial charge is 0.455 e. The lowest BCUT2D eigenvalue weighted by Crippen LogP contribution is -2.29. The topological polar surface area (TPSA) is 221 Å². The predicted octanol–water partition coefficient (Wildman–Crippen LogP) is 21.7. The van der Waals surface area contributed by atoms with Crippen LogP contribution in [0.2, 0.25) is 0 Å². The molecule has 0 saturated heterocycles. The van der Waals surface area contributed by atoms with E-state index in [-0.39, 0.29) is 0 Å². The average Bonchev–Trinajstić information content (AvgIpc) is 1.59. The van der Waals surface area contributed by atoms with Crippen molar-refractivity contribution in [3.63, 3.8) is 0 Å². The molecule has 0 atom stereocenters. The molecular formula is C96H62BBrN12O4. The van der Waals surface area contributed by atoms with Gasteiger partial charge in [0.25, 0.3) is 0 Å². The van der Waals surface area contributed by atoms with E-state index in [9.17, 15) is 10.0 Å². The zero-order valence-electron chi connectivity index (χ0n) is 60.7. The van der Waals surface area contributed by atoms with Crippen molar-refractivity contribution in [2.45, 2.75) is 0 Å². The summed E-state index contributed by atoms with van der Waals surface area (Å²) in [6, 6.07) is 119. The molecule has 0 fully saturated rings. The van der Waals surface area contributed by atoms with Crippen molar-refractivity contribution in [2.75, 3.05) is 0 Å². The first-order chi connectivity index (χ1) is 56.2. The van der Waals surface area contributed by atoms with Crippen LogP contribution in [0, 0.1) is 0 Å². The highest BCUT2D eigenvalue weighted by molar-refractivity contribution is 9.10. The zero-order valence-corrected chi connectivity index (χ0v) is 62.3. The Morgan fingerprint density at radius 1 is 0.184 bits per heavy atom. The molecule has 0 saturated carbocycles. The van der Waals surface area contributed by atoms with Crippen LogP contribution in [0.5, 0.6) is 0 Å². The van der Waals surface area contributed by atoms with Crippen molar-refractivity contribution in [1.29, 1.82) is 0 Å². The van der Waals surface area contributed by atoms with Gasteiger partial charge < -0.3 is 18.9 Å². The first kappa shape index (κ1) is 70.8. The summed E-state index contributed by atoms with van der Waals surface area (Å²) in [4.78, 5) is 57.9. The van der Waals surface area contributed by atoms with Gasteiger partial charge in [-0.3, -0.25) is 0 Å². The van der Waals surface area contributed by atoms with Crippen molar-refractivity contribution >= 4 is 72.4 Å². The summed E-state index contributed by atoms with van der Waals surface area (Å²) < 4.78 is 14.1. The van der Waals surface area contributed by atoms with Gasteiger partial charge in [0, 0.05) is 82.7 Å². The molecule has 0 amide bonds. The summed E-state index contributed by atoms with van der Waals surface area (Å²) in [5, 5.41) is 22.6. The van der Waals surface area contributed by atoms with Gasteiger partial charge in [0.1, 0.15) is 22.3 Å². The standard InChI is InChI=1S/C48H30N6O.C27H16BrN3O.C21H16BN3O2/c1-5-15-32(16-6-1)43-49-44(33-17-7-2-8-18-33)51-47(50-43)36-29-27-31(28-30-36)37-23-13-24-38-39-25-14-26-40(42(39)55-41(37)38)48-53-45(34-19-9-3-10-20-34)52-46(54-48)35-21-11-4-12-22-35;28-22-16-8-14-20-19-13-7-15-21(23(19)32-24(20)22)27-30-25(17-9-3-1-4-10-17)29-26(31-27)18-11-5-2-6-12-18;26-22(27)18-13-11-17(12-14-18)21-24-19(15-7-3-1-4-8-15)23-20(25-21)16-9-5-2-6-10-16/h1-30H;1-16H;1-14,26-27H. The summed E-state index contributed by atoms with van der Waals surface area (Å²) in [5.74, 6) is 7.15. The lowest BCUT2D eigenvalue weighted by Gasteiger charge is -2.09. The zero-order chi connectivity index (χ0) is 76.7. The van der Waals surface area contributed by atoms with E-state index in [4.69, 9.17) is 53.7 Å². The second-order valence-electron chi connectivity index (χ2n) is 26.6. The second-order valence-corrected chi connectivity index (χ2v) is 27.4. The number of nitrogens with zero attached hydrogens (tertiary/aromatic N) is 12. The summed E-state index contributed by atoms with van der Waals surface area (Å²) in [5.41, 5.74) is 16.1. The Morgan fingerprint density at radius 3 is 0.658 bits per heavy atom. The molecule has 20 aromatic rings. The van der Waals surface area contributed by atoms with Crippen LogP contribution >= 0.6 is 15.9 Å².